The van der Waals surface area contributed by atoms with Gasteiger partial charge in [-0.25, -0.2) is 17.5 Å². The van der Waals surface area contributed by atoms with Crippen LogP contribution in [0.1, 0.15) is 22.8 Å². The molecule has 1 rings (SSSR count). The zero-order valence-corrected chi connectivity index (χ0v) is 12.2. The molecule has 0 aliphatic carbocycles. The van der Waals surface area contributed by atoms with E-state index in [0.717, 1.165) is 6.07 Å². The minimum atomic E-state index is -3.40. The van der Waals surface area contributed by atoms with Gasteiger partial charge in [-0.1, -0.05) is 6.92 Å². The molecule has 0 saturated carbocycles. The van der Waals surface area contributed by atoms with Gasteiger partial charge < -0.3 is 11.1 Å². The standard InChI is InChI=1S/C12H18FN3O3S/c1-3-16-20(18,19)5-4-15-12(17)9-6-10(13)8(2)11(14)7-9/h6-7,16H,3-5,14H2,1-2H3,(H,15,17). The molecule has 0 aliphatic heterocycles. The van der Waals surface area contributed by atoms with E-state index in [1.807, 2.05) is 0 Å². The Morgan fingerprint density at radius 1 is 1.40 bits per heavy atom. The minimum absolute atomic E-state index is 0.0615. The summed E-state index contributed by atoms with van der Waals surface area (Å²) < 4.78 is 38.5. The Bertz CT molecular complexity index is 579. The Labute approximate surface area is 117 Å². The number of benzene rings is 1. The van der Waals surface area contributed by atoms with Crippen LogP contribution in [-0.2, 0) is 10.0 Å². The number of halogens is 1. The summed E-state index contributed by atoms with van der Waals surface area (Å²) in [7, 11) is -3.40. The van der Waals surface area contributed by atoms with Crippen molar-refractivity contribution in [2.75, 3.05) is 24.6 Å². The maximum Gasteiger partial charge on any atom is 0.251 e. The smallest absolute Gasteiger partial charge is 0.251 e. The van der Waals surface area contributed by atoms with Crippen LogP contribution in [0.15, 0.2) is 12.1 Å². The molecule has 0 saturated heterocycles. The van der Waals surface area contributed by atoms with Crippen molar-refractivity contribution < 1.29 is 17.6 Å². The second-order valence-corrected chi connectivity index (χ2v) is 6.17. The van der Waals surface area contributed by atoms with Crippen molar-refractivity contribution in [3.05, 3.63) is 29.1 Å². The number of rotatable bonds is 6. The summed E-state index contributed by atoms with van der Waals surface area (Å²) in [5.74, 6) is -1.38. The number of nitrogen functional groups attached to an aromatic ring is 1. The number of amides is 1. The Kier molecular flexibility index (Phi) is 5.46. The lowest BCUT2D eigenvalue weighted by Crippen LogP contribution is -2.34. The van der Waals surface area contributed by atoms with Gasteiger partial charge in [0.15, 0.2) is 0 Å². The van der Waals surface area contributed by atoms with E-state index in [0.29, 0.717) is 0 Å². The molecule has 4 N–H and O–H groups in total. The zero-order chi connectivity index (χ0) is 15.3. The number of carbonyl (C=O) groups excluding carboxylic acids is 1. The van der Waals surface area contributed by atoms with Gasteiger partial charge in [0.1, 0.15) is 5.82 Å². The molecule has 8 heteroatoms. The first-order valence-electron chi connectivity index (χ1n) is 6.08. The summed E-state index contributed by atoms with van der Waals surface area (Å²) >= 11 is 0. The summed E-state index contributed by atoms with van der Waals surface area (Å²) in [6.45, 7) is 3.39. The molecule has 0 bridgehead atoms. The van der Waals surface area contributed by atoms with Gasteiger partial charge in [-0.15, -0.1) is 0 Å². The SMILES string of the molecule is CCNS(=O)(=O)CCNC(=O)c1cc(N)c(C)c(F)c1. The van der Waals surface area contributed by atoms with E-state index >= 15 is 0 Å². The largest absolute Gasteiger partial charge is 0.398 e. The Hall–Kier alpha value is -1.67. The van der Waals surface area contributed by atoms with Crippen LogP contribution in [-0.4, -0.2) is 33.2 Å². The van der Waals surface area contributed by atoms with E-state index in [4.69, 9.17) is 5.73 Å². The number of anilines is 1. The fraction of sp³-hybridized carbons (Fsp3) is 0.417. The summed E-state index contributed by atoms with van der Waals surface area (Å²) in [4.78, 5) is 11.8. The average Bonchev–Trinajstić information content (AvgIpc) is 2.34. The monoisotopic (exact) mass is 303 g/mol. The molecule has 0 aromatic heterocycles. The Morgan fingerprint density at radius 2 is 2.05 bits per heavy atom. The van der Waals surface area contributed by atoms with Gasteiger partial charge in [0, 0.05) is 29.9 Å². The molecule has 112 valence electrons. The van der Waals surface area contributed by atoms with Gasteiger partial charge in [0.25, 0.3) is 5.91 Å². The molecule has 0 aliphatic rings. The molecular formula is C12H18FN3O3S. The maximum absolute atomic E-state index is 13.4. The van der Waals surface area contributed by atoms with Crippen LogP contribution in [0.3, 0.4) is 0 Å². The van der Waals surface area contributed by atoms with Crippen LogP contribution in [0.2, 0.25) is 0 Å². The molecule has 1 aromatic carbocycles. The van der Waals surface area contributed by atoms with E-state index in [2.05, 4.69) is 10.0 Å². The highest BCUT2D eigenvalue weighted by atomic mass is 32.2. The summed E-state index contributed by atoms with van der Waals surface area (Å²) in [6, 6.07) is 2.42. The van der Waals surface area contributed by atoms with Gasteiger partial charge in [0.05, 0.1) is 5.75 Å². The molecule has 6 nitrogen and oxygen atoms in total. The number of hydrogen-bond donors (Lipinski definition) is 3. The fourth-order valence-corrected chi connectivity index (χ4v) is 2.48. The average molecular weight is 303 g/mol. The Balaban J connectivity index is 2.65. The van der Waals surface area contributed by atoms with Crippen LogP contribution in [0.5, 0.6) is 0 Å². The van der Waals surface area contributed by atoms with Gasteiger partial charge in [0.2, 0.25) is 10.0 Å². The third-order valence-electron chi connectivity index (χ3n) is 2.67. The molecule has 0 radical (unpaired) electrons. The highest BCUT2D eigenvalue weighted by Gasteiger charge is 2.13. The summed E-state index contributed by atoms with van der Waals surface area (Å²) in [5, 5.41) is 2.41. The third-order valence-corrected chi connectivity index (χ3v) is 4.14. The van der Waals surface area contributed by atoms with Crippen molar-refractivity contribution in [3.63, 3.8) is 0 Å². The van der Waals surface area contributed by atoms with Crippen molar-refractivity contribution in [2.24, 2.45) is 0 Å². The van der Waals surface area contributed by atoms with Crippen molar-refractivity contribution in [1.82, 2.24) is 10.0 Å². The second-order valence-electron chi connectivity index (χ2n) is 4.24. The number of hydrogen-bond acceptors (Lipinski definition) is 4. The molecule has 20 heavy (non-hydrogen) atoms. The molecule has 0 fully saturated rings. The van der Waals surface area contributed by atoms with Gasteiger partial charge in [-0.2, -0.15) is 0 Å². The van der Waals surface area contributed by atoms with Crippen LogP contribution < -0.4 is 15.8 Å². The van der Waals surface area contributed by atoms with Crippen LogP contribution in [0.25, 0.3) is 0 Å². The van der Waals surface area contributed by atoms with Crippen molar-refractivity contribution in [3.8, 4) is 0 Å². The molecule has 0 heterocycles. The molecular weight excluding hydrogens is 285 g/mol. The fourth-order valence-electron chi connectivity index (χ4n) is 1.52. The first-order chi connectivity index (χ1) is 9.26. The predicted octanol–water partition coefficient (Wildman–Crippen LogP) is 0.385. The van der Waals surface area contributed by atoms with Gasteiger partial charge in [-0.3, -0.25) is 4.79 Å². The predicted molar refractivity (Wildman–Crippen MR) is 75.3 cm³/mol. The lowest BCUT2D eigenvalue weighted by atomic mass is 10.1. The van der Waals surface area contributed by atoms with Crippen molar-refractivity contribution in [1.29, 1.82) is 0 Å². The number of nitrogens with one attached hydrogen (secondary N) is 2. The lowest BCUT2D eigenvalue weighted by molar-refractivity contribution is 0.0955. The number of carbonyl (C=O) groups is 1. The molecule has 0 spiro atoms. The normalized spacial score (nSPS) is 11.3. The lowest BCUT2D eigenvalue weighted by Gasteiger charge is -2.08. The van der Waals surface area contributed by atoms with Crippen molar-refractivity contribution in [2.45, 2.75) is 13.8 Å². The zero-order valence-electron chi connectivity index (χ0n) is 11.4. The highest BCUT2D eigenvalue weighted by molar-refractivity contribution is 7.89. The second kappa shape index (κ2) is 6.67. The van der Waals surface area contributed by atoms with Crippen LogP contribution in [0, 0.1) is 12.7 Å². The summed E-state index contributed by atoms with van der Waals surface area (Å²) in [6.07, 6.45) is 0. The molecule has 1 amide bonds. The topological polar surface area (TPSA) is 101 Å². The Morgan fingerprint density at radius 3 is 2.60 bits per heavy atom. The molecule has 0 atom stereocenters. The van der Waals surface area contributed by atoms with E-state index < -0.39 is 21.7 Å². The summed E-state index contributed by atoms with van der Waals surface area (Å²) in [5.41, 5.74) is 6.08. The van der Waals surface area contributed by atoms with Crippen molar-refractivity contribution >= 4 is 21.6 Å². The van der Waals surface area contributed by atoms with Crippen LogP contribution in [0.4, 0.5) is 10.1 Å². The molecule has 1 aromatic rings. The minimum Gasteiger partial charge on any atom is -0.398 e. The van der Waals surface area contributed by atoms with Crippen LogP contribution >= 0.6 is 0 Å². The first kappa shape index (κ1) is 16.4. The highest BCUT2D eigenvalue weighted by Crippen LogP contribution is 2.17. The third kappa shape index (κ3) is 4.46. The number of nitrogens with two attached hydrogens (primary N) is 1. The number of sulfonamides is 1. The molecule has 0 unspecified atom stereocenters. The van der Waals surface area contributed by atoms with E-state index in [-0.39, 0.29) is 35.7 Å². The van der Waals surface area contributed by atoms with Gasteiger partial charge >= 0.3 is 0 Å². The van der Waals surface area contributed by atoms with E-state index in [1.165, 1.54) is 13.0 Å². The van der Waals surface area contributed by atoms with Gasteiger partial charge in [-0.05, 0) is 19.1 Å². The maximum atomic E-state index is 13.4. The van der Waals surface area contributed by atoms with E-state index in [1.54, 1.807) is 6.92 Å². The first-order valence-corrected chi connectivity index (χ1v) is 7.73. The van der Waals surface area contributed by atoms with E-state index in [9.17, 15) is 17.6 Å². The quantitative estimate of drug-likeness (QED) is 0.661.